The van der Waals surface area contributed by atoms with Crippen molar-refractivity contribution in [2.24, 2.45) is 0 Å². The lowest BCUT2D eigenvalue weighted by atomic mass is 10.2. The van der Waals surface area contributed by atoms with Gasteiger partial charge in [0.15, 0.2) is 5.65 Å². The van der Waals surface area contributed by atoms with Crippen LogP contribution in [0.5, 0.6) is 0 Å². The van der Waals surface area contributed by atoms with Crippen molar-refractivity contribution in [3.8, 4) is 6.07 Å². The van der Waals surface area contributed by atoms with Gasteiger partial charge in [0.05, 0.1) is 11.9 Å². The number of nitrogens with zero attached hydrogens (tertiary/aromatic N) is 6. The van der Waals surface area contributed by atoms with Gasteiger partial charge < -0.3 is 10.2 Å². The van der Waals surface area contributed by atoms with Crippen molar-refractivity contribution in [2.75, 3.05) is 31.1 Å². The maximum atomic E-state index is 13.0. The lowest BCUT2D eigenvalue weighted by Gasteiger charge is -2.29. The Bertz CT molecular complexity index is 1260. The lowest BCUT2D eigenvalue weighted by Crippen LogP contribution is -2.43. The molecule has 0 amide bonds. The SMILES string of the molecule is C=C(C)n1c(=O)c(C#N)cc2cnc(S(=O)c3ccc(N4CCNCC4)cn3)nc21. The standard InChI is InChI=1S/C20H19N7O2S/c1-13(2)27-18-15(9-14(10-21)19(27)28)11-24-20(25-18)30(29)17-4-3-16(12-23-17)26-7-5-22-6-8-26/h3-4,9,11-12,22H,1,5-8H2,2H3. The Balaban J connectivity index is 1.71. The molecule has 30 heavy (non-hydrogen) atoms. The third-order valence-corrected chi connectivity index (χ3v) is 5.93. The average Bonchev–Trinajstić information content (AvgIpc) is 2.78. The van der Waals surface area contributed by atoms with Crippen molar-refractivity contribution in [1.82, 2.24) is 24.8 Å². The molecule has 4 heterocycles. The van der Waals surface area contributed by atoms with Gasteiger partial charge in [0, 0.05) is 43.5 Å². The lowest BCUT2D eigenvalue weighted by molar-refractivity contribution is 0.588. The van der Waals surface area contributed by atoms with Gasteiger partial charge in [-0.2, -0.15) is 5.26 Å². The van der Waals surface area contributed by atoms with Crippen LogP contribution >= 0.6 is 0 Å². The number of allylic oxidation sites excluding steroid dienone is 1. The molecule has 1 N–H and O–H groups in total. The summed E-state index contributed by atoms with van der Waals surface area (Å²) >= 11 is 0. The number of anilines is 1. The van der Waals surface area contributed by atoms with E-state index < -0.39 is 16.4 Å². The van der Waals surface area contributed by atoms with Crippen molar-refractivity contribution < 1.29 is 4.21 Å². The number of piperazine rings is 1. The molecular weight excluding hydrogens is 402 g/mol. The second kappa shape index (κ2) is 8.14. The van der Waals surface area contributed by atoms with E-state index in [0.29, 0.717) is 16.1 Å². The summed E-state index contributed by atoms with van der Waals surface area (Å²) in [5.74, 6) is 0. The highest BCUT2D eigenvalue weighted by Gasteiger charge is 2.18. The van der Waals surface area contributed by atoms with E-state index in [0.717, 1.165) is 31.9 Å². The van der Waals surface area contributed by atoms with Gasteiger partial charge in [-0.25, -0.2) is 19.2 Å². The van der Waals surface area contributed by atoms with Gasteiger partial charge in [-0.05, 0) is 25.1 Å². The smallest absolute Gasteiger partial charge is 0.274 e. The number of pyridine rings is 2. The maximum absolute atomic E-state index is 13.0. The molecule has 3 aromatic rings. The first-order valence-electron chi connectivity index (χ1n) is 9.32. The van der Waals surface area contributed by atoms with Crippen LogP contribution in [0, 0.1) is 11.3 Å². The molecule has 0 saturated carbocycles. The number of nitriles is 1. The van der Waals surface area contributed by atoms with Crippen LogP contribution in [-0.4, -0.2) is 49.9 Å². The molecule has 0 aliphatic carbocycles. The Morgan fingerprint density at radius 1 is 1.27 bits per heavy atom. The molecule has 9 nitrogen and oxygen atoms in total. The molecular formula is C20H19N7O2S. The average molecular weight is 421 g/mol. The molecule has 0 bridgehead atoms. The van der Waals surface area contributed by atoms with Crippen LogP contribution in [0.15, 0.2) is 52.1 Å². The van der Waals surface area contributed by atoms with Crippen LogP contribution in [-0.2, 0) is 10.8 Å². The summed E-state index contributed by atoms with van der Waals surface area (Å²) in [6, 6.07) is 6.88. The first-order valence-corrected chi connectivity index (χ1v) is 10.5. The van der Waals surface area contributed by atoms with Gasteiger partial charge in [0.25, 0.3) is 5.56 Å². The zero-order valence-corrected chi connectivity index (χ0v) is 17.1. The quantitative estimate of drug-likeness (QED) is 0.623. The molecule has 1 aliphatic rings. The molecule has 152 valence electrons. The number of hydrogen-bond acceptors (Lipinski definition) is 8. The fourth-order valence-corrected chi connectivity index (χ4v) is 4.14. The first-order chi connectivity index (χ1) is 14.5. The molecule has 3 aromatic heterocycles. The molecule has 1 saturated heterocycles. The number of hydrogen-bond donors (Lipinski definition) is 1. The van der Waals surface area contributed by atoms with Crippen molar-refractivity contribution in [3.63, 3.8) is 0 Å². The number of rotatable bonds is 4. The summed E-state index contributed by atoms with van der Waals surface area (Å²) in [6.07, 6.45) is 3.15. The van der Waals surface area contributed by atoms with E-state index in [-0.39, 0.29) is 16.4 Å². The fraction of sp³-hybridized carbons (Fsp3) is 0.250. The summed E-state index contributed by atoms with van der Waals surface area (Å²) in [7, 11) is -1.73. The van der Waals surface area contributed by atoms with Crippen LogP contribution in [0.3, 0.4) is 0 Å². The van der Waals surface area contributed by atoms with E-state index in [4.69, 9.17) is 0 Å². The molecule has 0 radical (unpaired) electrons. The van der Waals surface area contributed by atoms with Gasteiger partial charge in [-0.3, -0.25) is 9.36 Å². The maximum Gasteiger partial charge on any atom is 0.274 e. The second-order valence-corrected chi connectivity index (χ2v) is 8.16. The van der Waals surface area contributed by atoms with Gasteiger partial charge in [0.1, 0.15) is 27.5 Å². The molecule has 0 aromatic carbocycles. The largest absolute Gasteiger partial charge is 0.368 e. The van der Waals surface area contributed by atoms with Crippen LogP contribution in [0.1, 0.15) is 12.5 Å². The Hall–Kier alpha value is -3.42. The highest BCUT2D eigenvalue weighted by atomic mass is 32.2. The molecule has 1 aliphatic heterocycles. The van der Waals surface area contributed by atoms with E-state index in [1.54, 1.807) is 19.2 Å². The molecule has 1 unspecified atom stereocenters. The van der Waals surface area contributed by atoms with Crippen LogP contribution in [0.4, 0.5) is 5.69 Å². The van der Waals surface area contributed by atoms with Gasteiger partial charge in [0.2, 0.25) is 5.16 Å². The van der Waals surface area contributed by atoms with Crippen LogP contribution in [0.2, 0.25) is 0 Å². The molecule has 1 atom stereocenters. The highest BCUT2D eigenvalue weighted by molar-refractivity contribution is 7.84. The van der Waals surface area contributed by atoms with E-state index in [1.165, 1.54) is 16.8 Å². The van der Waals surface area contributed by atoms with E-state index in [9.17, 15) is 14.3 Å². The summed E-state index contributed by atoms with van der Waals surface area (Å²) in [6.45, 7) is 9.04. The second-order valence-electron chi connectivity index (χ2n) is 6.84. The minimum absolute atomic E-state index is 0.0315. The molecule has 1 fully saturated rings. The molecule has 10 heteroatoms. The molecule has 0 spiro atoms. The van der Waals surface area contributed by atoms with Gasteiger partial charge >= 0.3 is 0 Å². The third-order valence-electron chi connectivity index (χ3n) is 4.78. The van der Waals surface area contributed by atoms with E-state index in [2.05, 4.69) is 31.7 Å². The summed E-state index contributed by atoms with van der Waals surface area (Å²) < 4.78 is 14.2. The fourth-order valence-electron chi connectivity index (χ4n) is 3.29. The topological polar surface area (TPSA) is 117 Å². The van der Waals surface area contributed by atoms with Crippen molar-refractivity contribution in [2.45, 2.75) is 17.1 Å². The zero-order chi connectivity index (χ0) is 21.3. The van der Waals surface area contributed by atoms with Gasteiger partial charge in [-0.1, -0.05) is 6.58 Å². The first kappa shape index (κ1) is 19.9. The minimum atomic E-state index is -1.73. The number of nitrogens with one attached hydrogen (secondary N) is 1. The van der Waals surface area contributed by atoms with Crippen LogP contribution in [0.25, 0.3) is 16.7 Å². The summed E-state index contributed by atoms with van der Waals surface area (Å²) in [5, 5.41) is 13.3. The Morgan fingerprint density at radius 3 is 2.67 bits per heavy atom. The highest BCUT2D eigenvalue weighted by Crippen LogP contribution is 2.19. The van der Waals surface area contributed by atoms with Crippen molar-refractivity contribution >= 4 is 33.2 Å². The molecule has 4 rings (SSSR count). The van der Waals surface area contributed by atoms with E-state index in [1.807, 2.05) is 12.1 Å². The van der Waals surface area contributed by atoms with Crippen molar-refractivity contribution in [1.29, 1.82) is 5.26 Å². The number of aromatic nitrogens is 4. The predicted octanol–water partition coefficient (Wildman–Crippen LogP) is 1.13. The Morgan fingerprint density at radius 2 is 2.03 bits per heavy atom. The Kier molecular flexibility index (Phi) is 5.39. The van der Waals surface area contributed by atoms with E-state index >= 15 is 0 Å². The summed E-state index contributed by atoms with van der Waals surface area (Å²) in [5.41, 5.74) is 1.06. The van der Waals surface area contributed by atoms with Crippen molar-refractivity contribution in [3.05, 3.63) is 53.1 Å². The van der Waals surface area contributed by atoms with Gasteiger partial charge in [-0.15, -0.1) is 0 Å². The third kappa shape index (κ3) is 3.60. The van der Waals surface area contributed by atoms with Crippen LogP contribution < -0.4 is 15.8 Å². The monoisotopic (exact) mass is 421 g/mol. The Labute approximate surface area is 175 Å². The number of fused-ring (bicyclic) bond motifs is 1. The summed E-state index contributed by atoms with van der Waals surface area (Å²) in [4.78, 5) is 27.6. The predicted molar refractivity (Wildman–Crippen MR) is 114 cm³/mol. The minimum Gasteiger partial charge on any atom is -0.368 e. The zero-order valence-electron chi connectivity index (χ0n) is 16.3. The normalized spacial score (nSPS) is 15.0.